The Morgan fingerprint density at radius 2 is 1.85 bits per heavy atom. The van der Waals surface area contributed by atoms with Gasteiger partial charge in [0.25, 0.3) is 5.91 Å². The molecule has 0 aromatic heterocycles. The Morgan fingerprint density at radius 1 is 1.15 bits per heavy atom. The highest BCUT2D eigenvalue weighted by Crippen LogP contribution is 2.15. The summed E-state index contributed by atoms with van der Waals surface area (Å²) in [6.07, 6.45) is 2.49. The summed E-state index contributed by atoms with van der Waals surface area (Å²) in [4.78, 5) is 25.1. The number of carbonyl (C=O) groups is 2. The Balaban J connectivity index is 1.99. The van der Waals surface area contributed by atoms with E-state index in [1.807, 2.05) is 30.5 Å². The Hall–Kier alpha value is -2.18. The van der Waals surface area contributed by atoms with Gasteiger partial charge in [-0.1, -0.05) is 35.9 Å². The lowest BCUT2D eigenvalue weighted by molar-refractivity contribution is -0.123. The van der Waals surface area contributed by atoms with Crippen molar-refractivity contribution in [3.05, 3.63) is 64.7 Å². The molecule has 2 aromatic rings. The summed E-state index contributed by atoms with van der Waals surface area (Å²) in [5.74, 6) is 0.935. The number of thioether (sulfide) groups is 1. The van der Waals surface area contributed by atoms with Crippen molar-refractivity contribution in [1.29, 1.82) is 0 Å². The number of nitrogens with one attached hydrogen (secondary N) is 2. The van der Waals surface area contributed by atoms with Gasteiger partial charge in [-0.2, -0.15) is 11.8 Å². The van der Waals surface area contributed by atoms with Crippen molar-refractivity contribution in [1.82, 2.24) is 10.6 Å². The van der Waals surface area contributed by atoms with E-state index in [1.54, 1.807) is 43.1 Å². The number of methoxy groups -OCH3 is 1. The average molecular weight is 407 g/mol. The highest BCUT2D eigenvalue weighted by molar-refractivity contribution is 7.98. The SMILES string of the molecule is COc1ccc(CNC(=O)[C@@H](CCSC)NC(=O)c2ccccc2Cl)cc1. The van der Waals surface area contributed by atoms with E-state index in [0.717, 1.165) is 17.1 Å². The van der Waals surface area contributed by atoms with Crippen molar-refractivity contribution in [3.8, 4) is 5.75 Å². The van der Waals surface area contributed by atoms with Crippen molar-refractivity contribution in [3.63, 3.8) is 0 Å². The summed E-state index contributed by atoms with van der Waals surface area (Å²) in [5.41, 5.74) is 1.31. The van der Waals surface area contributed by atoms with E-state index < -0.39 is 6.04 Å². The van der Waals surface area contributed by atoms with Crippen LogP contribution in [0.1, 0.15) is 22.3 Å². The molecule has 2 aromatic carbocycles. The summed E-state index contributed by atoms with van der Waals surface area (Å²) < 4.78 is 5.12. The first kappa shape index (κ1) is 21.1. The lowest BCUT2D eigenvalue weighted by Gasteiger charge is -2.18. The van der Waals surface area contributed by atoms with Gasteiger partial charge >= 0.3 is 0 Å². The van der Waals surface area contributed by atoms with Crippen molar-refractivity contribution < 1.29 is 14.3 Å². The quantitative estimate of drug-likeness (QED) is 0.668. The molecule has 0 saturated carbocycles. The van der Waals surface area contributed by atoms with Gasteiger partial charge in [0.05, 0.1) is 17.7 Å². The molecule has 0 aliphatic rings. The maximum Gasteiger partial charge on any atom is 0.253 e. The molecule has 7 heteroatoms. The Labute approximate surface area is 168 Å². The maximum atomic E-state index is 12.6. The summed E-state index contributed by atoms with van der Waals surface area (Å²) in [5, 5.41) is 6.03. The van der Waals surface area contributed by atoms with Gasteiger partial charge in [-0.15, -0.1) is 0 Å². The average Bonchev–Trinajstić information content (AvgIpc) is 2.69. The van der Waals surface area contributed by atoms with Gasteiger partial charge in [0, 0.05) is 6.54 Å². The molecule has 2 N–H and O–H groups in total. The van der Waals surface area contributed by atoms with Gasteiger partial charge in [0.1, 0.15) is 11.8 Å². The summed E-state index contributed by atoms with van der Waals surface area (Å²) in [6, 6.07) is 13.6. The molecule has 0 fully saturated rings. The first-order valence-corrected chi connectivity index (χ1v) is 10.3. The molecule has 0 heterocycles. The minimum Gasteiger partial charge on any atom is -0.497 e. The first-order valence-electron chi connectivity index (χ1n) is 8.50. The predicted molar refractivity (Wildman–Crippen MR) is 111 cm³/mol. The molecular weight excluding hydrogens is 384 g/mol. The van der Waals surface area contributed by atoms with E-state index in [0.29, 0.717) is 23.6 Å². The van der Waals surface area contributed by atoms with Gasteiger partial charge in [-0.05, 0) is 48.3 Å². The van der Waals surface area contributed by atoms with Crippen molar-refractivity contribution in [2.24, 2.45) is 0 Å². The lowest BCUT2D eigenvalue weighted by Crippen LogP contribution is -2.47. The molecule has 0 saturated heterocycles. The highest BCUT2D eigenvalue weighted by atomic mass is 35.5. The third-order valence-corrected chi connectivity index (χ3v) is 4.95. The van der Waals surface area contributed by atoms with Crippen LogP contribution in [0.2, 0.25) is 5.02 Å². The monoisotopic (exact) mass is 406 g/mol. The molecule has 0 unspecified atom stereocenters. The first-order chi connectivity index (χ1) is 13.0. The number of ether oxygens (including phenoxy) is 1. The topological polar surface area (TPSA) is 67.4 Å². The van der Waals surface area contributed by atoms with Gasteiger partial charge in [-0.25, -0.2) is 0 Å². The van der Waals surface area contributed by atoms with Crippen LogP contribution in [0.25, 0.3) is 0 Å². The number of benzene rings is 2. The van der Waals surface area contributed by atoms with E-state index in [1.165, 1.54) is 0 Å². The number of hydrogen-bond acceptors (Lipinski definition) is 4. The summed E-state index contributed by atoms with van der Waals surface area (Å²) in [6.45, 7) is 0.376. The van der Waals surface area contributed by atoms with Gasteiger partial charge in [0.15, 0.2) is 0 Å². The fraction of sp³-hybridized carbons (Fsp3) is 0.300. The number of rotatable bonds is 9. The summed E-state index contributed by atoms with van der Waals surface area (Å²) >= 11 is 7.70. The van der Waals surface area contributed by atoms with Crippen molar-refractivity contribution in [2.75, 3.05) is 19.1 Å². The Bertz CT molecular complexity index is 768. The van der Waals surface area contributed by atoms with E-state index in [9.17, 15) is 9.59 Å². The van der Waals surface area contributed by atoms with Crippen LogP contribution in [0, 0.1) is 0 Å². The van der Waals surface area contributed by atoms with Crippen LogP contribution in [-0.2, 0) is 11.3 Å². The molecular formula is C20H23ClN2O3S. The Morgan fingerprint density at radius 3 is 2.48 bits per heavy atom. The molecule has 0 bridgehead atoms. The Kier molecular flexibility index (Phi) is 8.48. The van der Waals surface area contributed by atoms with Crippen LogP contribution >= 0.6 is 23.4 Å². The molecule has 5 nitrogen and oxygen atoms in total. The second-order valence-electron chi connectivity index (χ2n) is 5.85. The van der Waals surface area contributed by atoms with Gasteiger partial charge in [0.2, 0.25) is 5.91 Å². The number of carbonyl (C=O) groups excluding carboxylic acids is 2. The molecule has 2 rings (SSSR count). The smallest absolute Gasteiger partial charge is 0.253 e. The van der Waals surface area contributed by atoms with E-state index in [2.05, 4.69) is 10.6 Å². The zero-order valence-corrected chi connectivity index (χ0v) is 16.9. The standard InChI is InChI=1S/C20H23ClN2O3S/c1-26-15-9-7-14(8-10-15)13-22-20(25)18(11-12-27-2)23-19(24)16-5-3-4-6-17(16)21/h3-10,18H,11-13H2,1-2H3,(H,22,25)(H,23,24)/t18-/m1/s1. The molecule has 27 heavy (non-hydrogen) atoms. The molecule has 2 amide bonds. The maximum absolute atomic E-state index is 12.6. The number of amides is 2. The fourth-order valence-corrected chi connectivity index (χ4v) is 3.13. The molecule has 0 radical (unpaired) electrons. The molecule has 0 aliphatic carbocycles. The van der Waals surface area contributed by atoms with E-state index >= 15 is 0 Å². The minimum absolute atomic E-state index is 0.222. The second kappa shape index (κ2) is 10.8. The van der Waals surface area contributed by atoms with Crippen LogP contribution in [0.5, 0.6) is 5.75 Å². The van der Waals surface area contributed by atoms with Gasteiger partial charge in [-0.3, -0.25) is 9.59 Å². The van der Waals surface area contributed by atoms with Crippen LogP contribution in [0.4, 0.5) is 0 Å². The van der Waals surface area contributed by atoms with Crippen molar-refractivity contribution in [2.45, 2.75) is 19.0 Å². The van der Waals surface area contributed by atoms with E-state index in [4.69, 9.17) is 16.3 Å². The summed E-state index contributed by atoms with van der Waals surface area (Å²) in [7, 11) is 1.61. The molecule has 144 valence electrons. The van der Waals surface area contributed by atoms with Crippen LogP contribution in [-0.4, -0.2) is 37.0 Å². The van der Waals surface area contributed by atoms with Crippen molar-refractivity contribution >= 4 is 35.2 Å². The number of halogens is 1. The lowest BCUT2D eigenvalue weighted by atomic mass is 10.1. The predicted octanol–water partition coefficient (Wildman–Crippen LogP) is 3.52. The van der Waals surface area contributed by atoms with Crippen LogP contribution < -0.4 is 15.4 Å². The molecule has 0 aliphatic heterocycles. The largest absolute Gasteiger partial charge is 0.497 e. The number of hydrogen-bond donors (Lipinski definition) is 2. The third kappa shape index (κ3) is 6.48. The normalized spacial score (nSPS) is 11.5. The molecule has 1 atom stereocenters. The zero-order chi connectivity index (χ0) is 19.6. The molecule has 0 spiro atoms. The van der Waals surface area contributed by atoms with Gasteiger partial charge < -0.3 is 15.4 Å². The minimum atomic E-state index is -0.625. The zero-order valence-electron chi connectivity index (χ0n) is 15.3. The van der Waals surface area contributed by atoms with Crippen LogP contribution in [0.15, 0.2) is 48.5 Å². The highest BCUT2D eigenvalue weighted by Gasteiger charge is 2.21. The van der Waals surface area contributed by atoms with E-state index in [-0.39, 0.29) is 11.8 Å². The second-order valence-corrected chi connectivity index (χ2v) is 7.25. The third-order valence-electron chi connectivity index (χ3n) is 3.98. The fourth-order valence-electron chi connectivity index (χ4n) is 2.44. The van der Waals surface area contributed by atoms with Crippen LogP contribution in [0.3, 0.4) is 0 Å².